The lowest BCUT2D eigenvalue weighted by atomic mass is 9.87. The predicted molar refractivity (Wildman–Crippen MR) is 75.4 cm³/mol. The van der Waals surface area contributed by atoms with Gasteiger partial charge in [-0.05, 0) is 54.7 Å². The Morgan fingerprint density at radius 2 is 2.00 bits per heavy atom. The molecule has 2 fully saturated rings. The normalized spacial score (nSPS) is 29.6. The molecule has 1 aromatic rings. The van der Waals surface area contributed by atoms with E-state index in [0.29, 0.717) is 24.3 Å². The van der Waals surface area contributed by atoms with E-state index in [9.17, 15) is 9.18 Å². The van der Waals surface area contributed by atoms with Crippen LogP contribution in [0.4, 0.5) is 4.39 Å². The number of carbonyl (C=O) groups is 1. The van der Waals surface area contributed by atoms with E-state index in [1.807, 2.05) is 12.1 Å². The molecule has 1 saturated carbocycles. The van der Waals surface area contributed by atoms with Gasteiger partial charge >= 0.3 is 0 Å². The molecule has 2 N–H and O–H groups in total. The van der Waals surface area contributed by atoms with Gasteiger partial charge in [0.2, 0.25) is 5.91 Å². The van der Waals surface area contributed by atoms with Gasteiger partial charge in [0.1, 0.15) is 5.82 Å². The fourth-order valence-corrected chi connectivity index (χ4v) is 4.00. The summed E-state index contributed by atoms with van der Waals surface area (Å²) in [6.07, 6.45) is 3.51. The Labute approximate surface area is 118 Å². The highest BCUT2D eigenvalue weighted by Gasteiger charge is 2.42. The van der Waals surface area contributed by atoms with Crippen molar-refractivity contribution in [2.75, 3.05) is 19.6 Å². The van der Waals surface area contributed by atoms with Crippen molar-refractivity contribution in [1.29, 1.82) is 0 Å². The Kier molecular flexibility index (Phi) is 3.74. The molecule has 1 saturated heterocycles. The van der Waals surface area contributed by atoms with Crippen molar-refractivity contribution in [1.82, 2.24) is 4.90 Å². The van der Waals surface area contributed by atoms with Crippen LogP contribution in [0.2, 0.25) is 0 Å². The minimum atomic E-state index is -0.236. The highest BCUT2D eigenvalue weighted by Crippen LogP contribution is 2.43. The van der Waals surface area contributed by atoms with E-state index in [-0.39, 0.29) is 11.7 Å². The van der Waals surface area contributed by atoms with Gasteiger partial charge in [-0.1, -0.05) is 12.1 Å². The van der Waals surface area contributed by atoms with Crippen LogP contribution in [-0.4, -0.2) is 30.4 Å². The van der Waals surface area contributed by atoms with Crippen LogP contribution in [-0.2, 0) is 11.2 Å². The average molecular weight is 276 g/mol. The molecular weight excluding hydrogens is 255 g/mol. The molecule has 108 valence electrons. The standard InChI is InChI=1S/C16H21FN2O/c17-14-5-1-11(2-6-14)7-12-3-4-13-8-19(9-15(12)13)10-16(18)20/h1-2,5-6,12-13,15H,3-4,7-10H2,(H2,18,20)/t12-,13-,15-/m1/s1. The van der Waals surface area contributed by atoms with E-state index in [0.717, 1.165) is 19.5 Å². The Bertz CT molecular complexity index is 488. The summed E-state index contributed by atoms with van der Waals surface area (Å²) in [5.41, 5.74) is 6.49. The number of rotatable bonds is 4. The molecule has 0 unspecified atom stereocenters. The molecule has 3 atom stereocenters. The summed E-state index contributed by atoms with van der Waals surface area (Å²) in [6, 6.07) is 6.85. The maximum absolute atomic E-state index is 12.9. The molecule has 0 bridgehead atoms. The number of halogens is 1. The molecule has 3 rings (SSSR count). The molecule has 1 amide bonds. The maximum Gasteiger partial charge on any atom is 0.231 e. The van der Waals surface area contributed by atoms with Crippen LogP contribution in [0.25, 0.3) is 0 Å². The van der Waals surface area contributed by atoms with Crippen LogP contribution in [0.3, 0.4) is 0 Å². The van der Waals surface area contributed by atoms with Crippen molar-refractivity contribution in [3.05, 3.63) is 35.6 Å². The van der Waals surface area contributed by atoms with Gasteiger partial charge in [-0.25, -0.2) is 4.39 Å². The quantitative estimate of drug-likeness (QED) is 0.911. The molecule has 2 aliphatic rings. The Balaban J connectivity index is 1.61. The van der Waals surface area contributed by atoms with E-state index in [1.165, 1.54) is 30.5 Å². The molecular formula is C16H21FN2O. The highest BCUT2D eigenvalue weighted by molar-refractivity contribution is 5.75. The van der Waals surface area contributed by atoms with Gasteiger partial charge in [0.25, 0.3) is 0 Å². The third-order valence-corrected chi connectivity index (χ3v) is 4.87. The van der Waals surface area contributed by atoms with Crippen molar-refractivity contribution in [2.24, 2.45) is 23.5 Å². The van der Waals surface area contributed by atoms with Crippen LogP contribution in [0.1, 0.15) is 18.4 Å². The van der Waals surface area contributed by atoms with Crippen LogP contribution in [0.15, 0.2) is 24.3 Å². The summed E-state index contributed by atoms with van der Waals surface area (Å²) in [5.74, 6) is 1.62. The molecule has 4 heteroatoms. The van der Waals surface area contributed by atoms with Crippen molar-refractivity contribution >= 4 is 5.91 Å². The number of primary amides is 1. The molecule has 1 heterocycles. The SMILES string of the molecule is NC(=O)CN1C[C@H]2CC[C@H](Cc3ccc(F)cc3)[C@H]2C1. The van der Waals surface area contributed by atoms with Gasteiger partial charge in [-0.3, -0.25) is 9.69 Å². The first kappa shape index (κ1) is 13.6. The molecule has 0 spiro atoms. The Morgan fingerprint density at radius 3 is 2.70 bits per heavy atom. The molecule has 1 aliphatic carbocycles. The fraction of sp³-hybridized carbons (Fsp3) is 0.562. The minimum Gasteiger partial charge on any atom is -0.369 e. The van der Waals surface area contributed by atoms with Crippen LogP contribution in [0, 0.1) is 23.6 Å². The highest BCUT2D eigenvalue weighted by atomic mass is 19.1. The fourth-order valence-electron chi connectivity index (χ4n) is 4.00. The van der Waals surface area contributed by atoms with Crippen molar-refractivity contribution in [3.63, 3.8) is 0 Å². The van der Waals surface area contributed by atoms with Crippen LogP contribution in [0.5, 0.6) is 0 Å². The first-order chi connectivity index (χ1) is 9.61. The molecule has 0 aromatic heterocycles. The first-order valence-electron chi connectivity index (χ1n) is 7.37. The van der Waals surface area contributed by atoms with Gasteiger partial charge in [0, 0.05) is 13.1 Å². The molecule has 20 heavy (non-hydrogen) atoms. The lowest BCUT2D eigenvalue weighted by Crippen LogP contribution is -2.33. The second-order valence-electron chi connectivity index (χ2n) is 6.25. The lowest BCUT2D eigenvalue weighted by molar-refractivity contribution is -0.119. The summed E-state index contributed by atoms with van der Waals surface area (Å²) in [6.45, 7) is 2.38. The number of likely N-dealkylation sites (tertiary alicyclic amines) is 1. The minimum absolute atomic E-state index is 0.174. The van der Waals surface area contributed by atoms with E-state index in [2.05, 4.69) is 4.90 Å². The summed E-state index contributed by atoms with van der Waals surface area (Å²) < 4.78 is 12.9. The maximum atomic E-state index is 12.9. The van der Waals surface area contributed by atoms with E-state index >= 15 is 0 Å². The van der Waals surface area contributed by atoms with E-state index < -0.39 is 0 Å². The number of benzene rings is 1. The smallest absolute Gasteiger partial charge is 0.231 e. The van der Waals surface area contributed by atoms with Crippen LogP contribution >= 0.6 is 0 Å². The van der Waals surface area contributed by atoms with Gasteiger partial charge in [0.05, 0.1) is 6.54 Å². The number of hydrogen-bond donors (Lipinski definition) is 1. The number of amides is 1. The molecule has 0 radical (unpaired) electrons. The van der Waals surface area contributed by atoms with Gasteiger partial charge < -0.3 is 5.73 Å². The zero-order valence-electron chi connectivity index (χ0n) is 11.6. The number of nitrogens with zero attached hydrogens (tertiary/aromatic N) is 1. The third kappa shape index (κ3) is 2.85. The van der Waals surface area contributed by atoms with E-state index in [4.69, 9.17) is 5.73 Å². The number of carbonyl (C=O) groups excluding carboxylic acids is 1. The van der Waals surface area contributed by atoms with Crippen molar-refractivity contribution < 1.29 is 9.18 Å². The average Bonchev–Trinajstić information content (AvgIpc) is 2.93. The third-order valence-electron chi connectivity index (χ3n) is 4.87. The zero-order valence-corrected chi connectivity index (χ0v) is 11.6. The van der Waals surface area contributed by atoms with Gasteiger partial charge in [0.15, 0.2) is 0 Å². The second-order valence-corrected chi connectivity index (χ2v) is 6.25. The summed E-state index contributed by atoms with van der Waals surface area (Å²) >= 11 is 0. The molecule has 1 aromatic carbocycles. The lowest BCUT2D eigenvalue weighted by Gasteiger charge is -2.20. The largest absolute Gasteiger partial charge is 0.369 e. The van der Waals surface area contributed by atoms with Gasteiger partial charge in [-0.2, -0.15) is 0 Å². The molecule has 3 nitrogen and oxygen atoms in total. The Morgan fingerprint density at radius 1 is 1.25 bits per heavy atom. The van der Waals surface area contributed by atoms with Gasteiger partial charge in [-0.15, -0.1) is 0 Å². The first-order valence-corrected chi connectivity index (χ1v) is 7.37. The predicted octanol–water partition coefficient (Wildman–Crippen LogP) is 1.81. The number of nitrogens with two attached hydrogens (primary N) is 1. The van der Waals surface area contributed by atoms with Crippen molar-refractivity contribution in [3.8, 4) is 0 Å². The number of hydrogen-bond acceptors (Lipinski definition) is 2. The second kappa shape index (κ2) is 5.52. The Hall–Kier alpha value is -1.42. The summed E-state index contributed by atoms with van der Waals surface area (Å²) in [7, 11) is 0. The summed E-state index contributed by atoms with van der Waals surface area (Å²) in [4.78, 5) is 13.2. The van der Waals surface area contributed by atoms with Crippen molar-refractivity contribution in [2.45, 2.75) is 19.3 Å². The zero-order chi connectivity index (χ0) is 14.1. The summed E-state index contributed by atoms with van der Waals surface area (Å²) in [5, 5.41) is 0. The topological polar surface area (TPSA) is 46.3 Å². The molecule has 1 aliphatic heterocycles. The van der Waals surface area contributed by atoms with Crippen LogP contribution < -0.4 is 5.73 Å². The monoisotopic (exact) mass is 276 g/mol. The van der Waals surface area contributed by atoms with E-state index in [1.54, 1.807) is 0 Å². The number of fused-ring (bicyclic) bond motifs is 1.